The second kappa shape index (κ2) is 7.09. The van der Waals surface area contributed by atoms with Crippen molar-refractivity contribution in [1.82, 2.24) is 20.8 Å². The van der Waals surface area contributed by atoms with E-state index < -0.39 is 0 Å². The lowest BCUT2D eigenvalue weighted by Crippen LogP contribution is -2.26. The number of methoxy groups -OCH3 is 1. The number of rotatable bonds is 7. The maximum absolute atomic E-state index is 12.8. The molecule has 7 heteroatoms. The minimum Gasteiger partial charge on any atom is -0.385 e. The van der Waals surface area contributed by atoms with Crippen LogP contribution in [-0.2, 0) is 4.74 Å². The van der Waals surface area contributed by atoms with E-state index in [0.717, 1.165) is 55.4 Å². The zero-order chi connectivity index (χ0) is 17.2. The largest absolute Gasteiger partial charge is 0.385 e. The number of carbonyl (C=O) groups is 1. The Morgan fingerprint density at radius 2 is 2.32 bits per heavy atom. The van der Waals surface area contributed by atoms with Gasteiger partial charge in [0.2, 0.25) is 0 Å². The molecule has 2 aliphatic rings. The molecule has 1 aliphatic carbocycles. The average molecular weight is 344 g/mol. The van der Waals surface area contributed by atoms with Gasteiger partial charge in [-0.15, -0.1) is 0 Å². The molecule has 1 atom stereocenters. The van der Waals surface area contributed by atoms with E-state index in [4.69, 9.17) is 9.26 Å². The summed E-state index contributed by atoms with van der Waals surface area (Å²) in [5.41, 5.74) is 2.87. The van der Waals surface area contributed by atoms with Gasteiger partial charge in [0, 0.05) is 31.9 Å². The minimum absolute atomic E-state index is 0.0900. The smallest absolute Gasteiger partial charge is 0.259 e. The van der Waals surface area contributed by atoms with E-state index in [1.54, 1.807) is 7.11 Å². The predicted molar refractivity (Wildman–Crippen MR) is 92.6 cm³/mol. The molecule has 25 heavy (non-hydrogen) atoms. The number of ether oxygens (including phenoxy) is 1. The van der Waals surface area contributed by atoms with Gasteiger partial charge < -0.3 is 19.9 Å². The molecule has 1 saturated carbocycles. The molecule has 0 radical (unpaired) electrons. The molecule has 2 N–H and O–H groups in total. The van der Waals surface area contributed by atoms with Gasteiger partial charge >= 0.3 is 0 Å². The quantitative estimate of drug-likeness (QED) is 0.749. The minimum atomic E-state index is -0.0900. The van der Waals surface area contributed by atoms with Gasteiger partial charge in [-0.2, -0.15) is 0 Å². The summed E-state index contributed by atoms with van der Waals surface area (Å²) < 4.78 is 10.6. The van der Waals surface area contributed by atoms with Gasteiger partial charge in [0.1, 0.15) is 5.69 Å². The number of nitrogens with one attached hydrogen (secondary N) is 2. The fourth-order valence-corrected chi connectivity index (χ4v) is 3.43. The highest BCUT2D eigenvalue weighted by Gasteiger charge is 2.31. The number of amides is 1. The van der Waals surface area contributed by atoms with Crippen LogP contribution in [0.4, 0.5) is 0 Å². The van der Waals surface area contributed by atoms with Crippen LogP contribution in [0.25, 0.3) is 11.1 Å². The highest BCUT2D eigenvalue weighted by molar-refractivity contribution is 6.06. The summed E-state index contributed by atoms with van der Waals surface area (Å²) in [7, 11) is 1.66. The molecule has 4 rings (SSSR count). The number of aromatic nitrogens is 2. The lowest BCUT2D eigenvalue weighted by Gasteiger charge is -2.10. The first kappa shape index (κ1) is 16.5. The number of pyridine rings is 1. The van der Waals surface area contributed by atoms with Crippen molar-refractivity contribution in [2.45, 2.75) is 44.1 Å². The SMILES string of the molecule is COCCCNC(=O)c1cc(C2CC2)nc2onc(C3CCCN3)c12. The Bertz CT molecular complexity index is 763. The van der Waals surface area contributed by atoms with Crippen LogP contribution in [-0.4, -0.2) is 42.9 Å². The molecule has 1 aliphatic heterocycles. The molecule has 0 bridgehead atoms. The average Bonchev–Trinajstić information content (AvgIpc) is 3.16. The molecule has 2 aromatic heterocycles. The zero-order valence-corrected chi connectivity index (χ0v) is 14.5. The van der Waals surface area contributed by atoms with Crippen molar-refractivity contribution in [3.8, 4) is 0 Å². The maximum atomic E-state index is 12.8. The number of carbonyl (C=O) groups excluding carboxylic acids is 1. The number of fused-ring (bicyclic) bond motifs is 1. The van der Waals surface area contributed by atoms with Crippen molar-refractivity contribution in [3.05, 3.63) is 23.0 Å². The molecule has 1 unspecified atom stereocenters. The van der Waals surface area contributed by atoms with Crippen LogP contribution in [0.15, 0.2) is 10.6 Å². The van der Waals surface area contributed by atoms with Crippen LogP contribution >= 0.6 is 0 Å². The topological polar surface area (TPSA) is 89.3 Å². The molecule has 1 saturated heterocycles. The lowest BCUT2D eigenvalue weighted by atomic mass is 10.0. The van der Waals surface area contributed by atoms with Crippen molar-refractivity contribution in [1.29, 1.82) is 0 Å². The van der Waals surface area contributed by atoms with Crippen LogP contribution in [0.5, 0.6) is 0 Å². The number of hydrogen-bond acceptors (Lipinski definition) is 6. The van der Waals surface area contributed by atoms with Crippen LogP contribution in [0, 0.1) is 0 Å². The summed E-state index contributed by atoms with van der Waals surface area (Å²) in [4.78, 5) is 17.4. The summed E-state index contributed by atoms with van der Waals surface area (Å²) in [6.07, 6.45) is 5.13. The Hall–Kier alpha value is -1.99. The van der Waals surface area contributed by atoms with E-state index in [9.17, 15) is 4.79 Å². The van der Waals surface area contributed by atoms with Gasteiger partial charge in [-0.05, 0) is 44.7 Å². The van der Waals surface area contributed by atoms with Crippen LogP contribution in [0.3, 0.4) is 0 Å². The van der Waals surface area contributed by atoms with Crippen molar-refractivity contribution in [2.75, 3.05) is 26.8 Å². The summed E-state index contributed by atoms with van der Waals surface area (Å²) in [5.74, 6) is 0.357. The Morgan fingerprint density at radius 3 is 3.04 bits per heavy atom. The molecule has 2 aromatic rings. The Balaban J connectivity index is 1.68. The van der Waals surface area contributed by atoms with Crippen molar-refractivity contribution >= 4 is 17.0 Å². The summed E-state index contributed by atoms with van der Waals surface area (Å²) >= 11 is 0. The molecule has 1 amide bonds. The van der Waals surface area contributed by atoms with Gasteiger partial charge in [0.05, 0.1) is 17.0 Å². The Kier molecular flexibility index (Phi) is 4.67. The summed E-state index contributed by atoms with van der Waals surface area (Å²) in [5, 5.41) is 11.4. The third kappa shape index (κ3) is 3.39. The van der Waals surface area contributed by atoms with Crippen LogP contribution in [0.2, 0.25) is 0 Å². The van der Waals surface area contributed by atoms with Crippen molar-refractivity contribution in [2.24, 2.45) is 0 Å². The first-order chi connectivity index (χ1) is 12.3. The Morgan fingerprint density at radius 1 is 1.44 bits per heavy atom. The first-order valence-corrected chi connectivity index (χ1v) is 9.08. The van der Waals surface area contributed by atoms with Crippen molar-refractivity contribution in [3.63, 3.8) is 0 Å². The highest BCUT2D eigenvalue weighted by Crippen LogP contribution is 2.41. The Labute approximate surface area is 146 Å². The normalized spacial score (nSPS) is 20.3. The molecule has 134 valence electrons. The van der Waals surface area contributed by atoms with E-state index in [-0.39, 0.29) is 11.9 Å². The van der Waals surface area contributed by atoms with Gasteiger partial charge in [-0.3, -0.25) is 4.79 Å². The molecule has 0 spiro atoms. The zero-order valence-electron chi connectivity index (χ0n) is 14.5. The number of nitrogens with zero attached hydrogens (tertiary/aromatic N) is 2. The molecule has 2 fully saturated rings. The van der Waals surface area contributed by atoms with Crippen LogP contribution < -0.4 is 10.6 Å². The first-order valence-electron chi connectivity index (χ1n) is 9.08. The third-order valence-electron chi connectivity index (χ3n) is 4.93. The van der Waals surface area contributed by atoms with E-state index >= 15 is 0 Å². The van der Waals surface area contributed by atoms with Gasteiger partial charge in [-0.1, -0.05) is 5.16 Å². The maximum Gasteiger partial charge on any atom is 0.259 e. The van der Waals surface area contributed by atoms with Gasteiger partial charge in [0.15, 0.2) is 0 Å². The second-order valence-corrected chi connectivity index (χ2v) is 6.87. The van der Waals surface area contributed by atoms with E-state index in [2.05, 4.69) is 20.8 Å². The molecule has 3 heterocycles. The highest BCUT2D eigenvalue weighted by atomic mass is 16.5. The van der Waals surface area contributed by atoms with Gasteiger partial charge in [0.25, 0.3) is 11.6 Å². The predicted octanol–water partition coefficient (Wildman–Crippen LogP) is 2.29. The fraction of sp³-hybridized carbons (Fsp3) is 0.611. The lowest BCUT2D eigenvalue weighted by molar-refractivity contribution is 0.0950. The summed E-state index contributed by atoms with van der Waals surface area (Å²) in [6.45, 7) is 2.17. The van der Waals surface area contributed by atoms with Crippen molar-refractivity contribution < 1.29 is 14.1 Å². The van der Waals surface area contributed by atoms with E-state index in [1.165, 1.54) is 0 Å². The monoisotopic (exact) mass is 344 g/mol. The van der Waals surface area contributed by atoms with E-state index in [1.807, 2.05) is 6.07 Å². The van der Waals surface area contributed by atoms with E-state index in [0.29, 0.717) is 30.3 Å². The molecule has 7 nitrogen and oxygen atoms in total. The number of hydrogen-bond donors (Lipinski definition) is 2. The fourth-order valence-electron chi connectivity index (χ4n) is 3.43. The molecule has 0 aromatic carbocycles. The van der Waals surface area contributed by atoms with Gasteiger partial charge in [-0.25, -0.2) is 4.98 Å². The molecular formula is C18H24N4O3. The summed E-state index contributed by atoms with van der Waals surface area (Å²) in [6, 6.07) is 2.07. The second-order valence-electron chi connectivity index (χ2n) is 6.87. The van der Waals surface area contributed by atoms with Crippen LogP contribution in [0.1, 0.15) is 65.8 Å². The molecular weight excluding hydrogens is 320 g/mol. The third-order valence-corrected chi connectivity index (χ3v) is 4.93. The standard InChI is InChI=1S/C18H24N4O3/c1-24-9-3-8-20-17(23)12-10-14(11-5-6-11)21-18-15(12)16(22-25-18)13-4-2-7-19-13/h10-11,13,19H,2-9H2,1H3,(H,20,23).